The molecule has 4 nitrogen and oxygen atoms in total. The van der Waals surface area contributed by atoms with Gasteiger partial charge in [0.05, 0.1) is 6.61 Å². The van der Waals surface area contributed by atoms with Crippen molar-refractivity contribution in [1.29, 1.82) is 0 Å². The third-order valence-corrected chi connectivity index (χ3v) is 4.60. The molecule has 0 atom stereocenters. The van der Waals surface area contributed by atoms with Crippen LogP contribution in [0.3, 0.4) is 0 Å². The molecule has 1 amide bonds. The molecule has 1 saturated carbocycles. The molecule has 2 N–H and O–H groups in total. The minimum atomic E-state index is 0.186. The summed E-state index contributed by atoms with van der Waals surface area (Å²) in [4.78, 5) is 11.6. The van der Waals surface area contributed by atoms with Gasteiger partial charge in [-0.2, -0.15) is 0 Å². The topological polar surface area (TPSA) is 58.6 Å². The van der Waals surface area contributed by atoms with Gasteiger partial charge in [0, 0.05) is 18.5 Å². The van der Waals surface area contributed by atoms with Crippen molar-refractivity contribution in [1.82, 2.24) is 5.32 Å². The SMILES string of the molecule is CCCCCCc1ccc(O)cc1OCCCCCC(=O)NC1CC1. The number of hydrogen-bond acceptors (Lipinski definition) is 3. The van der Waals surface area contributed by atoms with Crippen LogP contribution in [0, 0.1) is 0 Å². The van der Waals surface area contributed by atoms with Crippen molar-refractivity contribution >= 4 is 5.91 Å². The smallest absolute Gasteiger partial charge is 0.220 e. The summed E-state index contributed by atoms with van der Waals surface area (Å²) < 4.78 is 5.90. The lowest BCUT2D eigenvalue weighted by Gasteiger charge is -2.12. The molecular weight excluding hydrogens is 314 g/mol. The van der Waals surface area contributed by atoms with E-state index in [0.717, 1.165) is 50.7 Å². The van der Waals surface area contributed by atoms with Crippen LogP contribution in [-0.4, -0.2) is 23.7 Å². The first-order valence-electron chi connectivity index (χ1n) is 9.93. The van der Waals surface area contributed by atoms with Crippen molar-refractivity contribution in [3.8, 4) is 11.5 Å². The summed E-state index contributed by atoms with van der Waals surface area (Å²) in [5, 5.41) is 12.7. The summed E-state index contributed by atoms with van der Waals surface area (Å²) in [6.07, 6.45) is 11.6. The van der Waals surface area contributed by atoms with Gasteiger partial charge in [-0.1, -0.05) is 32.3 Å². The summed E-state index contributed by atoms with van der Waals surface area (Å²) in [5.74, 6) is 1.25. The lowest BCUT2D eigenvalue weighted by Crippen LogP contribution is -2.24. The maximum Gasteiger partial charge on any atom is 0.220 e. The Balaban J connectivity index is 1.63. The number of rotatable bonds is 13. The summed E-state index contributed by atoms with van der Waals surface area (Å²) in [7, 11) is 0. The maximum atomic E-state index is 11.6. The van der Waals surface area contributed by atoms with E-state index in [0.29, 0.717) is 19.1 Å². The van der Waals surface area contributed by atoms with Gasteiger partial charge in [0.15, 0.2) is 0 Å². The quantitative estimate of drug-likeness (QED) is 0.507. The average Bonchev–Trinajstić information content (AvgIpc) is 3.40. The fourth-order valence-corrected chi connectivity index (χ4v) is 2.90. The van der Waals surface area contributed by atoms with E-state index in [1.807, 2.05) is 6.07 Å². The molecule has 1 aliphatic rings. The Morgan fingerprint density at radius 3 is 2.72 bits per heavy atom. The highest BCUT2D eigenvalue weighted by Crippen LogP contribution is 2.26. The van der Waals surface area contributed by atoms with Gasteiger partial charge >= 0.3 is 0 Å². The van der Waals surface area contributed by atoms with E-state index in [4.69, 9.17) is 4.74 Å². The molecule has 140 valence electrons. The predicted molar refractivity (Wildman–Crippen MR) is 101 cm³/mol. The van der Waals surface area contributed by atoms with Crippen molar-refractivity contribution in [2.45, 2.75) is 83.6 Å². The predicted octanol–water partition coefficient (Wildman–Crippen LogP) is 4.73. The Hall–Kier alpha value is -1.71. The number of carbonyl (C=O) groups excluding carboxylic acids is 1. The highest BCUT2D eigenvalue weighted by Gasteiger charge is 2.22. The first-order chi connectivity index (χ1) is 12.2. The molecule has 0 spiro atoms. The van der Waals surface area contributed by atoms with Gasteiger partial charge in [0.25, 0.3) is 0 Å². The third-order valence-electron chi connectivity index (χ3n) is 4.60. The van der Waals surface area contributed by atoms with Crippen molar-refractivity contribution < 1.29 is 14.6 Å². The number of phenols is 1. The van der Waals surface area contributed by atoms with Gasteiger partial charge in [-0.15, -0.1) is 0 Å². The van der Waals surface area contributed by atoms with Crippen LogP contribution in [0.25, 0.3) is 0 Å². The van der Waals surface area contributed by atoms with Crippen molar-refractivity contribution in [2.75, 3.05) is 6.61 Å². The fourth-order valence-electron chi connectivity index (χ4n) is 2.90. The molecule has 0 unspecified atom stereocenters. The first-order valence-corrected chi connectivity index (χ1v) is 9.93. The third kappa shape index (κ3) is 8.28. The van der Waals surface area contributed by atoms with E-state index in [1.54, 1.807) is 12.1 Å². The molecule has 0 heterocycles. The Kier molecular flexibility index (Phi) is 8.64. The van der Waals surface area contributed by atoms with Gasteiger partial charge in [-0.3, -0.25) is 4.79 Å². The van der Waals surface area contributed by atoms with Crippen molar-refractivity contribution in [3.63, 3.8) is 0 Å². The number of ether oxygens (including phenoxy) is 1. The zero-order chi connectivity index (χ0) is 17.9. The summed E-state index contributed by atoms with van der Waals surface area (Å²) in [5.41, 5.74) is 1.18. The van der Waals surface area contributed by atoms with Crippen LogP contribution in [0.2, 0.25) is 0 Å². The van der Waals surface area contributed by atoms with Crippen LogP contribution in [0.15, 0.2) is 18.2 Å². The monoisotopic (exact) mass is 347 g/mol. The van der Waals surface area contributed by atoms with Crippen LogP contribution < -0.4 is 10.1 Å². The number of hydrogen-bond donors (Lipinski definition) is 2. The second-order valence-corrected chi connectivity index (χ2v) is 7.10. The summed E-state index contributed by atoms with van der Waals surface area (Å²) >= 11 is 0. The highest BCUT2D eigenvalue weighted by atomic mass is 16.5. The highest BCUT2D eigenvalue weighted by molar-refractivity contribution is 5.76. The lowest BCUT2D eigenvalue weighted by atomic mass is 10.1. The van der Waals surface area contributed by atoms with E-state index in [-0.39, 0.29) is 11.7 Å². The molecule has 1 fully saturated rings. The zero-order valence-electron chi connectivity index (χ0n) is 15.6. The number of aromatic hydroxyl groups is 1. The standard InChI is InChI=1S/C21H33NO3/c1-2-3-4-6-9-17-11-14-19(23)16-20(17)25-15-8-5-7-10-21(24)22-18-12-13-18/h11,14,16,18,23H,2-10,12-13,15H2,1H3,(H,22,24). The van der Waals surface area contributed by atoms with E-state index in [9.17, 15) is 9.90 Å². The van der Waals surface area contributed by atoms with Gasteiger partial charge < -0.3 is 15.2 Å². The Morgan fingerprint density at radius 1 is 1.16 bits per heavy atom. The normalized spacial score (nSPS) is 13.6. The van der Waals surface area contributed by atoms with Gasteiger partial charge in [-0.05, 0) is 56.6 Å². The number of carbonyl (C=O) groups is 1. The Labute approximate surface area is 152 Å². The zero-order valence-corrected chi connectivity index (χ0v) is 15.6. The van der Waals surface area contributed by atoms with Crippen LogP contribution in [0.4, 0.5) is 0 Å². The number of amides is 1. The molecule has 1 aromatic carbocycles. The van der Waals surface area contributed by atoms with Crippen LogP contribution >= 0.6 is 0 Å². The largest absolute Gasteiger partial charge is 0.508 e. The van der Waals surface area contributed by atoms with E-state index in [2.05, 4.69) is 12.2 Å². The molecular formula is C21H33NO3. The van der Waals surface area contributed by atoms with Gasteiger partial charge in [0.2, 0.25) is 5.91 Å². The summed E-state index contributed by atoms with van der Waals surface area (Å²) in [6.45, 7) is 2.85. The van der Waals surface area contributed by atoms with E-state index in [1.165, 1.54) is 24.8 Å². The minimum Gasteiger partial charge on any atom is -0.508 e. The van der Waals surface area contributed by atoms with E-state index < -0.39 is 0 Å². The molecule has 0 radical (unpaired) electrons. The molecule has 0 saturated heterocycles. The molecule has 1 aromatic rings. The molecule has 25 heavy (non-hydrogen) atoms. The molecule has 2 rings (SSSR count). The summed E-state index contributed by atoms with van der Waals surface area (Å²) in [6, 6.07) is 5.88. The number of benzene rings is 1. The van der Waals surface area contributed by atoms with Gasteiger partial charge in [-0.25, -0.2) is 0 Å². The average molecular weight is 347 g/mol. The van der Waals surface area contributed by atoms with E-state index >= 15 is 0 Å². The molecule has 4 heteroatoms. The number of aryl methyl sites for hydroxylation is 1. The van der Waals surface area contributed by atoms with Gasteiger partial charge in [0.1, 0.15) is 11.5 Å². The van der Waals surface area contributed by atoms with Crippen LogP contribution in [0.5, 0.6) is 11.5 Å². The van der Waals surface area contributed by atoms with Crippen LogP contribution in [-0.2, 0) is 11.2 Å². The Morgan fingerprint density at radius 2 is 1.96 bits per heavy atom. The number of unbranched alkanes of at least 4 members (excludes halogenated alkanes) is 5. The fraction of sp³-hybridized carbons (Fsp3) is 0.667. The molecule has 0 bridgehead atoms. The maximum absolute atomic E-state index is 11.6. The number of nitrogens with one attached hydrogen (secondary N) is 1. The number of phenolic OH excluding ortho intramolecular Hbond substituents is 1. The second-order valence-electron chi connectivity index (χ2n) is 7.10. The Bertz CT molecular complexity index is 526. The second kappa shape index (κ2) is 11.0. The van der Waals surface area contributed by atoms with Crippen molar-refractivity contribution in [3.05, 3.63) is 23.8 Å². The molecule has 1 aliphatic carbocycles. The van der Waals surface area contributed by atoms with Crippen molar-refractivity contribution in [2.24, 2.45) is 0 Å². The molecule has 0 aliphatic heterocycles. The lowest BCUT2D eigenvalue weighted by molar-refractivity contribution is -0.121. The molecule has 0 aromatic heterocycles. The minimum absolute atomic E-state index is 0.186. The van der Waals surface area contributed by atoms with Crippen LogP contribution in [0.1, 0.15) is 76.7 Å². The first kappa shape index (κ1) is 19.6.